The molecule has 0 bridgehead atoms. The topological polar surface area (TPSA) is 127 Å². The van der Waals surface area contributed by atoms with Gasteiger partial charge in [0.25, 0.3) is 5.91 Å². The van der Waals surface area contributed by atoms with E-state index in [0.717, 1.165) is 5.56 Å². The Balaban J connectivity index is 1.88. The molecule has 1 aliphatic heterocycles. The van der Waals surface area contributed by atoms with Crippen molar-refractivity contribution in [3.63, 3.8) is 0 Å². The van der Waals surface area contributed by atoms with Crippen molar-refractivity contribution in [3.05, 3.63) is 53.6 Å². The lowest BCUT2D eigenvalue weighted by molar-refractivity contribution is -0.147. The summed E-state index contributed by atoms with van der Waals surface area (Å²) in [6, 6.07) is 10.0. The zero-order chi connectivity index (χ0) is 34.0. The maximum atomic E-state index is 14.0. The summed E-state index contributed by atoms with van der Waals surface area (Å²) < 4.78 is 17.4. The summed E-state index contributed by atoms with van der Waals surface area (Å²) in [6.45, 7) is 10.5. The number of carbonyl (C=O) groups is 4. The molecule has 3 atom stereocenters. The van der Waals surface area contributed by atoms with Crippen LogP contribution in [0.15, 0.2) is 42.5 Å². The number of carbonyl (C=O) groups excluding carboxylic acids is 4. The third-order valence-corrected chi connectivity index (χ3v) is 8.02. The van der Waals surface area contributed by atoms with Crippen molar-refractivity contribution in [1.29, 1.82) is 0 Å². The van der Waals surface area contributed by atoms with Gasteiger partial charge in [0.1, 0.15) is 31.0 Å². The Labute approximate surface area is 272 Å². The van der Waals surface area contributed by atoms with Crippen LogP contribution in [-0.4, -0.2) is 92.5 Å². The van der Waals surface area contributed by atoms with Crippen molar-refractivity contribution in [3.8, 4) is 17.2 Å². The fourth-order valence-corrected chi connectivity index (χ4v) is 5.42. The van der Waals surface area contributed by atoms with E-state index in [1.807, 2.05) is 32.9 Å². The summed E-state index contributed by atoms with van der Waals surface area (Å²) in [4.78, 5) is 57.8. The second-order valence-electron chi connectivity index (χ2n) is 12.7. The third kappa shape index (κ3) is 9.86. The van der Waals surface area contributed by atoms with E-state index in [1.165, 1.54) is 4.90 Å². The number of fused-ring (bicyclic) bond motifs is 1. The first-order valence-corrected chi connectivity index (χ1v) is 15.9. The van der Waals surface area contributed by atoms with Crippen molar-refractivity contribution < 1.29 is 33.4 Å². The van der Waals surface area contributed by atoms with E-state index in [-0.39, 0.29) is 55.5 Å². The molecular weight excluding hydrogens is 588 g/mol. The van der Waals surface area contributed by atoms with Crippen LogP contribution >= 0.6 is 0 Å². The highest BCUT2D eigenvalue weighted by molar-refractivity contribution is 6.01. The number of ether oxygens (including phenoxy) is 3. The first-order chi connectivity index (χ1) is 21.8. The van der Waals surface area contributed by atoms with Gasteiger partial charge < -0.3 is 34.6 Å². The lowest BCUT2D eigenvalue weighted by atomic mass is 9.98. The second kappa shape index (κ2) is 16.9. The Morgan fingerprint density at radius 1 is 1.00 bits per heavy atom. The molecule has 0 aromatic heterocycles. The fourth-order valence-electron chi connectivity index (χ4n) is 5.42. The number of nitrogens with one attached hydrogen (secondary N) is 2. The molecule has 11 nitrogen and oxygen atoms in total. The Bertz CT molecular complexity index is 1360. The SMILES string of the molecule is COc1cc(C)ccc1OCCNC(=O)[C@@H]1CC(=O)N(C)[C@@H](CC(C)C)C(=O)N(C)[C@H](CC(C)C)COc2ccccc2C(=O)N1. The molecule has 0 saturated heterocycles. The quantitative estimate of drug-likeness (QED) is 0.379. The summed E-state index contributed by atoms with van der Waals surface area (Å²) in [5.74, 6) is 0.0893. The number of hydrogen-bond donors (Lipinski definition) is 2. The minimum atomic E-state index is -1.21. The first kappa shape index (κ1) is 36.2. The normalized spacial score (nSPS) is 19.7. The van der Waals surface area contributed by atoms with Crippen LogP contribution in [-0.2, 0) is 14.4 Å². The number of methoxy groups -OCH3 is 1. The van der Waals surface area contributed by atoms with Gasteiger partial charge in [-0.3, -0.25) is 19.2 Å². The van der Waals surface area contributed by atoms with E-state index in [2.05, 4.69) is 24.5 Å². The predicted molar refractivity (Wildman–Crippen MR) is 176 cm³/mol. The average Bonchev–Trinajstić information content (AvgIpc) is 3.02. The van der Waals surface area contributed by atoms with Crippen molar-refractivity contribution in [2.24, 2.45) is 11.8 Å². The Morgan fingerprint density at radius 3 is 2.37 bits per heavy atom. The number of benzene rings is 2. The van der Waals surface area contributed by atoms with Crippen LogP contribution in [0, 0.1) is 18.8 Å². The number of rotatable bonds is 10. The number of likely N-dealkylation sites (N-methyl/N-ethyl adjacent to an activating group) is 2. The van der Waals surface area contributed by atoms with Crippen LogP contribution < -0.4 is 24.8 Å². The number of nitrogens with zero attached hydrogens (tertiary/aromatic N) is 2. The first-order valence-electron chi connectivity index (χ1n) is 15.9. The Hall–Kier alpha value is -4.28. The molecule has 2 aromatic rings. The van der Waals surface area contributed by atoms with Crippen molar-refractivity contribution in [1.82, 2.24) is 20.4 Å². The van der Waals surface area contributed by atoms with Gasteiger partial charge in [0.05, 0.1) is 31.7 Å². The number of hydrogen-bond acceptors (Lipinski definition) is 7. The molecule has 1 aliphatic rings. The predicted octanol–water partition coefficient (Wildman–Crippen LogP) is 3.83. The Kier molecular flexibility index (Phi) is 13.3. The third-order valence-electron chi connectivity index (χ3n) is 8.02. The molecule has 0 radical (unpaired) electrons. The van der Waals surface area contributed by atoms with Gasteiger partial charge in [-0.25, -0.2) is 0 Å². The molecule has 11 heteroatoms. The summed E-state index contributed by atoms with van der Waals surface area (Å²) in [6.07, 6.45) is 0.766. The van der Waals surface area contributed by atoms with E-state index >= 15 is 0 Å². The molecule has 4 amide bonds. The smallest absolute Gasteiger partial charge is 0.255 e. The van der Waals surface area contributed by atoms with Crippen LogP contribution in [0.25, 0.3) is 0 Å². The molecule has 0 saturated carbocycles. The number of para-hydroxylation sites is 1. The highest BCUT2D eigenvalue weighted by Crippen LogP contribution is 2.28. The minimum absolute atomic E-state index is 0.114. The van der Waals surface area contributed by atoms with E-state index in [0.29, 0.717) is 30.1 Å². The lowest BCUT2D eigenvalue weighted by Gasteiger charge is -2.37. The van der Waals surface area contributed by atoms with Gasteiger partial charge in [0, 0.05) is 14.1 Å². The highest BCUT2D eigenvalue weighted by Gasteiger charge is 2.36. The fraction of sp³-hybridized carbons (Fsp3) is 0.543. The second-order valence-corrected chi connectivity index (χ2v) is 12.7. The molecule has 0 spiro atoms. The average molecular weight is 639 g/mol. The zero-order valence-corrected chi connectivity index (χ0v) is 28.4. The molecule has 0 unspecified atom stereocenters. The Morgan fingerprint density at radius 2 is 1.70 bits per heavy atom. The monoisotopic (exact) mass is 638 g/mol. The number of aryl methyl sites for hydroxylation is 1. The van der Waals surface area contributed by atoms with Gasteiger partial charge >= 0.3 is 0 Å². The van der Waals surface area contributed by atoms with E-state index in [1.54, 1.807) is 56.4 Å². The molecule has 252 valence electrons. The summed E-state index contributed by atoms with van der Waals surface area (Å²) in [7, 11) is 4.87. The van der Waals surface area contributed by atoms with Crippen molar-refractivity contribution in [2.75, 3.05) is 41.0 Å². The molecule has 2 aromatic carbocycles. The van der Waals surface area contributed by atoms with Gasteiger partial charge in [-0.15, -0.1) is 0 Å². The van der Waals surface area contributed by atoms with E-state index < -0.39 is 29.8 Å². The van der Waals surface area contributed by atoms with Crippen molar-refractivity contribution >= 4 is 23.6 Å². The van der Waals surface area contributed by atoms with Crippen LogP contribution in [0.2, 0.25) is 0 Å². The van der Waals surface area contributed by atoms with Gasteiger partial charge in [-0.05, 0) is 61.4 Å². The van der Waals surface area contributed by atoms with Gasteiger partial charge in [-0.1, -0.05) is 45.9 Å². The summed E-state index contributed by atoms with van der Waals surface area (Å²) in [5, 5.41) is 5.52. The van der Waals surface area contributed by atoms with Crippen LogP contribution in [0.5, 0.6) is 17.2 Å². The standard InChI is InChI=1S/C35H50N4O7/c1-22(2)17-25-21-46-29-12-10-9-11-26(29)33(41)37-27(20-32(40)39(7)28(18-23(3)4)35(43)38(25)6)34(42)36-15-16-45-30-14-13-24(5)19-31(30)44-8/h9-14,19,22-23,25,27-28H,15-18,20-21H2,1-8H3,(H,36,42)(H,37,41)/t25-,27+,28+/m1/s1. The van der Waals surface area contributed by atoms with Crippen LogP contribution in [0.1, 0.15) is 62.9 Å². The number of amides is 4. The molecule has 3 rings (SSSR count). The van der Waals surface area contributed by atoms with Gasteiger partial charge in [-0.2, -0.15) is 0 Å². The maximum Gasteiger partial charge on any atom is 0.255 e. The summed E-state index contributed by atoms with van der Waals surface area (Å²) >= 11 is 0. The van der Waals surface area contributed by atoms with Crippen molar-refractivity contribution in [2.45, 2.75) is 72.0 Å². The highest BCUT2D eigenvalue weighted by atomic mass is 16.5. The molecule has 2 N–H and O–H groups in total. The molecular formula is C35H50N4O7. The summed E-state index contributed by atoms with van der Waals surface area (Å²) in [5.41, 5.74) is 1.24. The molecule has 46 heavy (non-hydrogen) atoms. The largest absolute Gasteiger partial charge is 0.493 e. The molecule has 0 fully saturated rings. The molecule has 0 aliphatic carbocycles. The van der Waals surface area contributed by atoms with Crippen LogP contribution in [0.4, 0.5) is 0 Å². The lowest BCUT2D eigenvalue weighted by Crippen LogP contribution is -2.55. The van der Waals surface area contributed by atoms with Gasteiger partial charge in [0.2, 0.25) is 17.7 Å². The van der Waals surface area contributed by atoms with Crippen LogP contribution in [0.3, 0.4) is 0 Å². The molecule has 1 heterocycles. The van der Waals surface area contributed by atoms with E-state index in [4.69, 9.17) is 14.2 Å². The van der Waals surface area contributed by atoms with Gasteiger partial charge in [0.15, 0.2) is 11.5 Å². The van der Waals surface area contributed by atoms with E-state index in [9.17, 15) is 19.2 Å². The maximum absolute atomic E-state index is 14.0. The zero-order valence-electron chi connectivity index (χ0n) is 28.4. The minimum Gasteiger partial charge on any atom is -0.493 e.